The fraction of sp³-hybridized carbons (Fsp3) is 0.333. The molecule has 0 N–H and O–H groups in total. The summed E-state index contributed by atoms with van der Waals surface area (Å²) in [5.41, 5.74) is 2.23. The summed E-state index contributed by atoms with van der Waals surface area (Å²) in [6.07, 6.45) is 1.74. The second kappa shape index (κ2) is 7.13. The molecule has 5 heteroatoms. The molecule has 1 aliphatic heterocycles. The molecular formula is C18H20BrNO3. The third kappa shape index (κ3) is 3.72. The monoisotopic (exact) mass is 377 g/mol. The molecule has 0 spiro atoms. The third-order valence-electron chi connectivity index (χ3n) is 3.61. The van der Waals surface area contributed by atoms with Crippen molar-refractivity contribution >= 4 is 33.9 Å². The first kappa shape index (κ1) is 17.5. The van der Waals surface area contributed by atoms with Gasteiger partial charge in [0, 0.05) is 16.7 Å². The van der Waals surface area contributed by atoms with Gasteiger partial charge in [-0.2, -0.15) is 0 Å². The summed E-state index contributed by atoms with van der Waals surface area (Å²) in [6.45, 7) is 6.43. The van der Waals surface area contributed by atoms with Crippen molar-refractivity contribution < 1.29 is 14.3 Å². The number of benzene rings is 1. The first-order valence-electron chi connectivity index (χ1n) is 7.43. The van der Waals surface area contributed by atoms with Crippen LogP contribution in [0.2, 0.25) is 0 Å². The maximum absolute atomic E-state index is 12.8. The molecule has 1 aliphatic rings. The van der Waals surface area contributed by atoms with Gasteiger partial charge >= 0.3 is 5.97 Å². The van der Waals surface area contributed by atoms with Gasteiger partial charge < -0.3 is 9.64 Å². The van der Waals surface area contributed by atoms with E-state index < -0.39 is 5.97 Å². The third-order valence-corrected chi connectivity index (χ3v) is 4.10. The highest BCUT2D eigenvalue weighted by Crippen LogP contribution is 2.32. The van der Waals surface area contributed by atoms with E-state index in [2.05, 4.69) is 15.9 Å². The molecule has 0 bridgehead atoms. The molecule has 0 saturated carbocycles. The Morgan fingerprint density at radius 2 is 2.09 bits per heavy atom. The van der Waals surface area contributed by atoms with Gasteiger partial charge in [0.15, 0.2) is 0 Å². The van der Waals surface area contributed by atoms with Crippen molar-refractivity contribution in [3.05, 3.63) is 51.1 Å². The fourth-order valence-electron chi connectivity index (χ4n) is 2.58. The second-order valence-electron chi connectivity index (χ2n) is 5.87. The minimum absolute atomic E-state index is 0.156. The lowest BCUT2D eigenvalue weighted by atomic mass is 10.0. The molecule has 122 valence electrons. The molecule has 23 heavy (non-hydrogen) atoms. The molecule has 0 radical (unpaired) electrons. The number of rotatable bonds is 4. The molecule has 1 aromatic rings. The van der Waals surface area contributed by atoms with Crippen LogP contribution in [-0.4, -0.2) is 30.4 Å². The van der Waals surface area contributed by atoms with Crippen LogP contribution in [0.3, 0.4) is 0 Å². The number of carbonyl (C=O) groups is 2. The normalized spacial score (nSPS) is 16.7. The van der Waals surface area contributed by atoms with E-state index in [1.807, 2.05) is 38.1 Å². The van der Waals surface area contributed by atoms with Crippen LogP contribution in [0, 0.1) is 5.92 Å². The van der Waals surface area contributed by atoms with E-state index >= 15 is 0 Å². The molecule has 0 saturated heterocycles. The van der Waals surface area contributed by atoms with Gasteiger partial charge in [-0.3, -0.25) is 4.79 Å². The van der Waals surface area contributed by atoms with Gasteiger partial charge in [0.1, 0.15) is 0 Å². The van der Waals surface area contributed by atoms with Crippen LogP contribution in [0.15, 0.2) is 45.6 Å². The van der Waals surface area contributed by atoms with Gasteiger partial charge in [0.25, 0.3) is 5.91 Å². The fourth-order valence-corrected chi connectivity index (χ4v) is 2.99. The van der Waals surface area contributed by atoms with Crippen molar-refractivity contribution in [3.8, 4) is 0 Å². The zero-order valence-corrected chi connectivity index (χ0v) is 15.3. The Morgan fingerprint density at radius 1 is 1.39 bits per heavy atom. The highest BCUT2D eigenvalue weighted by atomic mass is 79.9. The molecule has 0 aromatic heterocycles. The number of hydrogen-bond acceptors (Lipinski definition) is 3. The van der Waals surface area contributed by atoms with Gasteiger partial charge in [-0.05, 0) is 36.6 Å². The Bertz CT molecular complexity index is 704. The predicted octanol–water partition coefficient (Wildman–Crippen LogP) is 3.78. The van der Waals surface area contributed by atoms with Gasteiger partial charge in [-0.1, -0.05) is 41.9 Å². The first-order chi connectivity index (χ1) is 10.8. The summed E-state index contributed by atoms with van der Waals surface area (Å²) < 4.78 is 5.79. The van der Waals surface area contributed by atoms with Crippen LogP contribution in [0.1, 0.15) is 26.3 Å². The van der Waals surface area contributed by atoms with Crippen LogP contribution in [0.5, 0.6) is 0 Å². The molecular weight excluding hydrogens is 358 g/mol. The molecule has 0 fully saturated rings. The minimum Gasteiger partial charge on any atom is -0.465 e. The summed E-state index contributed by atoms with van der Waals surface area (Å²) in [5, 5.41) is 0. The lowest BCUT2D eigenvalue weighted by Gasteiger charge is -2.19. The maximum atomic E-state index is 12.8. The average molecular weight is 378 g/mol. The van der Waals surface area contributed by atoms with Gasteiger partial charge in [-0.25, -0.2) is 4.79 Å². The molecule has 2 rings (SSSR count). The first-order valence-corrected chi connectivity index (χ1v) is 8.23. The van der Waals surface area contributed by atoms with Crippen molar-refractivity contribution in [3.63, 3.8) is 0 Å². The average Bonchev–Trinajstić information content (AvgIpc) is 2.71. The van der Waals surface area contributed by atoms with Crippen molar-refractivity contribution in [1.82, 2.24) is 4.90 Å². The molecule has 4 nitrogen and oxygen atoms in total. The van der Waals surface area contributed by atoms with Gasteiger partial charge in [0.05, 0.1) is 18.3 Å². The molecule has 1 aromatic carbocycles. The zero-order valence-electron chi connectivity index (χ0n) is 13.7. The summed E-state index contributed by atoms with van der Waals surface area (Å²) in [5.74, 6) is -0.335. The Balaban J connectivity index is 2.52. The largest absolute Gasteiger partial charge is 0.465 e. The van der Waals surface area contributed by atoms with Gasteiger partial charge in [0.2, 0.25) is 0 Å². The number of nitrogens with zero attached hydrogens (tertiary/aromatic N) is 1. The predicted molar refractivity (Wildman–Crippen MR) is 93.4 cm³/mol. The SMILES string of the molecule is COC(=O)C1=C(C)N(CC(C)C)C(=O)/C1=C\c1cccc(Br)c1. The summed E-state index contributed by atoms with van der Waals surface area (Å²) in [7, 11) is 1.33. The molecule has 1 amide bonds. The van der Waals surface area contributed by atoms with Crippen LogP contribution >= 0.6 is 15.9 Å². The zero-order chi connectivity index (χ0) is 17.1. The number of amides is 1. The Kier molecular flexibility index (Phi) is 5.42. The van der Waals surface area contributed by atoms with Crippen molar-refractivity contribution in [2.24, 2.45) is 5.92 Å². The smallest absolute Gasteiger partial charge is 0.340 e. The topological polar surface area (TPSA) is 46.6 Å². The number of esters is 1. The molecule has 0 unspecified atom stereocenters. The number of halogens is 1. The van der Waals surface area contributed by atoms with Crippen LogP contribution in [0.25, 0.3) is 6.08 Å². The summed E-state index contributed by atoms with van der Waals surface area (Å²) in [6, 6.07) is 7.58. The van der Waals surface area contributed by atoms with E-state index in [1.165, 1.54) is 7.11 Å². The van der Waals surface area contributed by atoms with E-state index in [0.717, 1.165) is 10.0 Å². The van der Waals surface area contributed by atoms with E-state index in [-0.39, 0.29) is 5.91 Å². The number of hydrogen-bond donors (Lipinski definition) is 0. The Labute approximate surface area is 144 Å². The van der Waals surface area contributed by atoms with E-state index in [0.29, 0.717) is 29.3 Å². The highest BCUT2D eigenvalue weighted by Gasteiger charge is 2.37. The second-order valence-corrected chi connectivity index (χ2v) is 6.79. The standard InChI is InChI=1S/C18H20BrNO3/c1-11(2)10-20-12(3)16(18(22)23-4)15(17(20)21)9-13-6-5-7-14(19)8-13/h5-9,11H,10H2,1-4H3/b15-9-. The highest BCUT2D eigenvalue weighted by molar-refractivity contribution is 9.10. The Morgan fingerprint density at radius 3 is 2.65 bits per heavy atom. The number of carbonyl (C=O) groups excluding carboxylic acids is 2. The maximum Gasteiger partial charge on any atom is 0.340 e. The van der Waals surface area contributed by atoms with Crippen LogP contribution in [0.4, 0.5) is 0 Å². The minimum atomic E-state index is -0.483. The quantitative estimate of drug-likeness (QED) is 0.592. The van der Waals surface area contributed by atoms with E-state index in [4.69, 9.17) is 4.74 Å². The lowest BCUT2D eigenvalue weighted by Crippen LogP contribution is -2.28. The van der Waals surface area contributed by atoms with E-state index in [9.17, 15) is 9.59 Å². The molecule has 1 heterocycles. The van der Waals surface area contributed by atoms with E-state index in [1.54, 1.807) is 17.9 Å². The Hall–Kier alpha value is -1.88. The number of methoxy groups -OCH3 is 1. The number of ether oxygens (including phenoxy) is 1. The van der Waals surface area contributed by atoms with Crippen molar-refractivity contribution in [2.45, 2.75) is 20.8 Å². The van der Waals surface area contributed by atoms with Crippen LogP contribution < -0.4 is 0 Å². The molecule has 0 atom stereocenters. The van der Waals surface area contributed by atoms with Gasteiger partial charge in [-0.15, -0.1) is 0 Å². The van der Waals surface area contributed by atoms with Crippen LogP contribution in [-0.2, 0) is 14.3 Å². The van der Waals surface area contributed by atoms with Crippen molar-refractivity contribution in [2.75, 3.05) is 13.7 Å². The summed E-state index contributed by atoms with van der Waals surface area (Å²) >= 11 is 3.41. The lowest BCUT2D eigenvalue weighted by molar-refractivity contribution is -0.136. The summed E-state index contributed by atoms with van der Waals surface area (Å²) in [4.78, 5) is 26.6. The molecule has 0 aliphatic carbocycles. The van der Waals surface area contributed by atoms with Crippen molar-refractivity contribution in [1.29, 1.82) is 0 Å². The number of allylic oxidation sites excluding steroid dienone is 1.